The Bertz CT molecular complexity index is 981. The average Bonchev–Trinajstić information content (AvgIpc) is 2.73. The number of nitrogens with one attached hydrogen (secondary N) is 2. The van der Waals surface area contributed by atoms with Crippen molar-refractivity contribution in [2.24, 2.45) is 0 Å². The van der Waals surface area contributed by atoms with Gasteiger partial charge >= 0.3 is 0 Å². The molecule has 7 nitrogen and oxygen atoms in total. The van der Waals surface area contributed by atoms with Crippen LogP contribution in [0.15, 0.2) is 54.7 Å². The highest BCUT2D eigenvalue weighted by Crippen LogP contribution is 2.29. The molecule has 0 atom stereocenters. The molecule has 0 aliphatic rings. The zero-order chi connectivity index (χ0) is 19.9. The van der Waals surface area contributed by atoms with Gasteiger partial charge in [0, 0.05) is 24.4 Å². The third-order valence-electron chi connectivity index (χ3n) is 3.94. The Morgan fingerprint density at radius 2 is 1.93 bits per heavy atom. The quantitative estimate of drug-likeness (QED) is 0.651. The second-order valence-electron chi connectivity index (χ2n) is 5.73. The molecule has 144 valence electrons. The predicted octanol–water partition coefficient (Wildman–Crippen LogP) is 3.50. The number of benzene rings is 2. The summed E-state index contributed by atoms with van der Waals surface area (Å²) in [6.45, 7) is 0.198. The van der Waals surface area contributed by atoms with E-state index in [0.717, 1.165) is 0 Å². The number of hydrogen-bond donors (Lipinski definition) is 2. The largest absolute Gasteiger partial charge is 0.497 e. The first-order chi connectivity index (χ1) is 13.6. The zero-order valence-corrected chi connectivity index (χ0v) is 15.4. The summed E-state index contributed by atoms with van der Waals surface area (Å²) in [7, 11) is 3.05. The molecule has 28 heavy (non-hydrogen) atoms. The molecule has 8 heteroatoms. The van der Waals surface area contributed by atoms with Crippen molar-refractivity contribution in [3.8, 4) is 11.5 Å². The van der Waals surface area contributed by atoms with E-state index in [1.165, 1.54) is 25.4 Å². The molecule has 3 rings (SSSR count). The van der Waals surface area contributed by atoms with Crippen molar-refractivity contribution in [1.82, 2.24) is 9.97 Å². The second-order valence-corrected chi connectivity index (χ2v) is 5.73. The Balaban J connectivity index is 1.71. The van der Waals surface area contributed by atoms with E-state index in [9.17, 15) is 9.18 Å². The van der Waals surface area contributed by atoms with Crippen molar-refractivity contribution in [2.75, 3.05) is 24.9 Å². The Morgan fingerprint density at radius 1 is 1.11 bits per heavy atom. The van der Waals surface area contributed by atoms with Crippen molar-refractivity contribution >= 4 is 17.5 Å². The summed E-state index contributed by atoms with van der Waals surface area (Å²) >= 11 is 0. The Hall–Kier alpha value is -3.68. The number of anilines is 2. The van der Waals surface area contributed by atoms with Crippen molar-refractivity contribution in [3.05, 3.63) is 71.8 Å². The van der Waals surface area contributed by atoms with Gasteiger partial charge in [-0.2, -0.15) is 0 Å². The lowest BCUT2D eigenvalue weighted by molar-refractivity contribution is 0.102. The fourth-order valence-corrected chi connectivity index (χ4v) is 2.47. The van der Waals surface area contributed by atoms with Gasteiger partial charge in [0.15, 0.2) is 0 Å². The van der Waals surface area contributed by atoms with Gasteiger partial charge in [0.1, 0.15) is 23.0 Å². The maximum absolute atomic E-state index is 13.7. The molecule has 0 unspecified atom stereocenters. The Morgan fingerprint density at radius 3 is 2.68 bits per heavy atom. The first kappa shape index (κ1) is 19.1. The highest BCUT2D eigenvalue weighted by atomic mass is 19.1. The smallest absolute Gasteiger partial charge is 0.274 e. The van der Waals surface area contributed by atoms with Crippen LogP contribution in [0.4, 0.5) is 16.0 Å². The molecule has 0 spiro atoms. The molecule has 3 aromatic rings. The van der Waals surface area contributed by atoms with E-state index < -0.39 is 5.91 Å². The van der Waals surface area contributed by atoms with Gasteiger partial charge in [-0.05, 0) is 24.3 Å². The van der Waals surface area contributed by atoms with Crippen LogP contribution in [0.1, 0.15) is 16.1 Å². The molecule has 0 aliphatic carbocycles. The minimum atomic E-state index is -0.431. The molecule has 0 bridgehead atoms. The fraction of sp³-hybridized carbons (Fsp3) is 0.150. The Kier molecular flexibility index (Phi) is 6.01. The van der Waals surface area contributed by atoms with E-state index >= 15 is 0 Å². The first-order valence-electron chi connectivity index (χ1n) is 8.44. The van der Waals surface area contributed by atoms with E-state index in [-0.39, 0.29) is 24.0 Å². The van der Waals surface area contributed by atoms with Crippen LogP contribution in [0.3, 0.4) is 0 Å². The first-order valence-corrected chi connectivity index (χ1v) is 8.44. The molecule has 0 radical (unpaired) electrons. The van der Waals surface area contributed by atoms with Gasteiger partial charge in [-0.1, -0.05) is 18.2 Å². The van der Waals surface area contributed by atoms with Crippen LogP contribution in [0.25, 0.3) is 0 Å². The van der Waals surface area contributed by atoms with Crippen LogP contribution in [0, 0.1) is 5.82 Å². The molecular weight excluding hydrogens is 363 g/mol. The van der Waals surface area contributed by atoms with Crippen molar-refractivity contribution < 1.29 is 18.7 Å². The molecule has 1 amide bonds. The maximum atomic E-state index is 13.7. The predicted molar refractivity (Wildman–Crippen MR) is 103 cm³/mol. The van der Waals surface area contributed by atoms with E-state index in [1.54, 1.807) is 43.5 Å². The highest BCUT2D eigenvalue weighted by Gasteiger charge is 2.13. The SMILES string of the molecule is COc1ccc(NC(=O)c2ccnc(NCc3ccccc3F)n2)c(OC)c1. The minimum Gasteiger partial charge on any atom is -0.497 e. The molecule has 2 aromatic carbocycles. The summed E-state index contributed by atoms with van der Waals surface area (Å²) in [5.41, 5.74) is 1.11. The maximum Gasteiger partial charge on any atom is 0.274 e. The number of aromatic nitrogens is 2. The highest BCUT2D eigenvalue weighted by molar-refractivity contribution is 6.03. The van der Waals surface area contributed by atoms with Gasteiger partial charge in [0.05, 0.1) is 19.9 Å². The molecule has 1 aromatic heterocycles. The third kappa shape index (κ3) is 4.53. The summed E-state index contributed by atoms with van der Waals surface area (Å²) in [5.74, 6) is 0.532. The van der Waals surface area contributed by atoms with E-state index in [2.05, 4.69) is 20.6 Å². The Labute approximate surface area is 161 Å². The standard InChI is InChI=1S/C20H19FN4O3/c1-27-14-7-8-16(18(11-14)28-2)24-19(26)17-9-10-22-20(25-17)23-12-13-5-3-4-6-15(13)21/h3-11H,12H2,1-2H3,(H,24,26)(H,22,23,25). The van der Waals surface area contributed by atoms with Crippen molar-refractivity contribution in [2.45, 2.75) is 6.54 Å². The number of rotatable bonds is 7. The van der Waals surface area contributed by atoms with Crippen molar-refractivity contribution in [1.29, 1.82) is 0 Å². The number of carbonyl (C=O) groups is 1. The lowest BCUT2D eigenvalue weighted by Gasteiger charge is -2.12. The molecule has 0 fully saturated rings. The minimum absolute atomic E-state index is 0.156. The topological polar surface area (TPSA) is 85.4 Å². The lowest BCUT2D eigenvalue weighted by atomic mass is 10.2. The molecule has 2 N–H and O–H groups in total. The second kappa shape index (κ2) is 8.81. The van der Waals surface area contributed by atoms with Gasteiger partial charge in [-0.15, -0.1) is 0 Å². The monoisotopic (exact) mass is 382 g/mol. The van der Waals surface area contributed by atoms with Crippen LogP contribution in [0.2, 0.25) is 0 Å². The molecule has 1 heterocycles. The lowest BCUT2D eigenvalue weighted by Crippen LogP contribution is -2.16. The van der Waals surface area contributed by atoms with Gasteiger partial charge in [0.25, 0.3) is 5.91 Å². The molecule has 0 saturated heterocycles. The number of amides is 1. The van der Waals surface area contributed by atoms with Crippen LogP contribution in [-0.2, 0) is 6.54 Å². The van der Waals surface area contributed by atoms with Crippen LogP contribution in [0.5, 0.6) is 11.5 Å². The van der Waals surface area contributed by atoms with Crippen LogP contribution < -0.4 is 20.1 Å². The van der Waals surface area contributed by atoms with Gasteiger partial charge < -0.3 is 20.1 Å². The summed E-state index contributed by atoms with van der Waals surface area (Å²) in [5, 5.41) is 5.66. The van der Waals surface area contributed by atoms with Crippen LogP contribution in [-0.4, -0.2) is 30.1 Å². The van der Waals surface area contributed by atoms with Gasteiger partial charge in [0.2, 0.25) is 5.95 Å². The average molecular weight is 382 g/mol. The van der Waals surface area contributed by atoms with Crippen molar-refractivity contribution in [3.63, 3.8) is 0 Å². The number of halogens is 1. The number of ether oxygens (including phenoxy) is 2. The third-order valence-corrected chi connectivity index (χ3v) is 3.94. The summed E-state index contributed by atoms with van der Waals surface area (Å²) < 4.78 is 24.1. The van der Waals surface area contributed by atoms with Gasteiger partial charge in [-0.3, -0.25) is 4.79 Å². The van der Waals surface area contributed by atoms with Crippen LogP contribution >= 0.6 is 0 Å². The summed E-state index contributed by atoms with van der Waals surface area (Å²) in [6.07, 6.45) is 1.46. The van der Waals surface area contributed by atoms with E-state index in [4.69, 9.17) is 9.47 Å². The molecular formula is C20H19FN4O3. The zero-order valence-electron chi connectivity index (χ0n) is 15.4. The van der Waals surface area contributed by atoms with E-state index in [0.29, 0.717) is 22.7 Å². The number of methoxy groups -OCH3 is 2. The number of carbonyl (C=O) groups excluding carboxylic acids is 1. The molecule has 0 saturated carbocycles. The summed E-state index contributed by atoms with van der Waals surface area (Å²) in [6, 6.07) is 12.9. The molecule has 0 aliphatic heterocycles. The number of hydrogen-bond acceptors (Lipinski definition) is 6. The van der Waals surface area contributed by atoms with Gasteiger partial charge in [-0.25, -0.2) is 14.4 Å². The summed E-state index contributed by atoms with van der Waals surface area (Å²) in [4.78, 5) is 20.8. The normalized spacial score (nSPS) is 10.2. The fourth-order valence-electron chi connectivity index (χ4n) is 2.47. The van der Waals surface area contributed by atoms with E-state index in [1.807, 2.05) is 0 Å². The number of nitrogens with zero attached hydrogens (tertiary/aromatic N) is 2.